The summed E-state index contributed by atoms with van der Waals surface area (Å²) in [4.78, 5) is 12.1. The predicted octanol–water partition coefficient (Wildman–Crippen LogP) is 2.10. The number of hydrogen-bond acceptors (Lipinski definition) is 2. The van der Waals surface area contributed by atoms with Crippen LogP contribution in [0.15, 0.2) is 4.79 Å². The summed E-state index contributed by atoms with van der Waals surface area (Å²) < 4.78 is 3.92. The van der Waals surface area contributed by atoms with Gasteiger partial charge in [0.1, 0.15) is 5.69 Å². The van der Waals surface area contributed by atoms with Crippen LogP contribution in [0.25, 0.3) is 0 Å². The second-order valence-corrected chi connectivity index (χ2v) is 4.94. The van der Waals surface area contributed by atoms with Crippen molar-refractivity contribution in [3.8, 4) is 0 Å². The third-order valence-electron chi connectivity index (χ3n) is 3.14. The van der Waals surface area contributed by atoms with E-state index in [9.17, 15) is 4.79 Å². The quantitative estimate of drug-likeness (QED) is 0.849. The summed E-state index contributed by atoms with van der Waals surface area (Å²) in [5.41, 5.74) is 7.51. The van der Waals surface area contributed by atoms with Crippen molar-refractivity contribution >= 4 is 5.69 Å². The van der Waals surface area contributed by atoms with E-state index in [-0.39, 0.29) is 11.6 Å². The molecule has 0 spiro atoms. The summed E-state index contributed by atoms with van der Waals surface area (Å²) in [5.74, 6) is 0.527. The molecule has 0 unspecified atom stereocenters. The molecule has 4 heteroatoms. The molecule has 0 amide bonds. The fourth-order valence-corrected chi connectivity index (χ4v) is 2.34. The highest BCUT2D eigenvalue weighted by atomic mass is 16.1. The zero-order valence-electron chi connectivity index (χ0n) is 10.4. The van der Waals surface area contributed by atoms with Gasteiger partial charge in [-0.05, 0) is 33.1 Å². The van der Waals surface area contributed by atoms with Crippen molar-refractivity contribution < 1.29 is 0 Å². The average Bonchev–Trinajstić information content (AvgIpc) is 2.98. The van der Waals surface area contributed by atoms with Gasteiger partial charge in [-0.25, -0.2) is 4.68 Å². The number of nitrogen functional groups attached to an aromatic ring is 1. The minimum atomic E-state index is -0.00894. The first-order valence-electron chi connectivity index (χ1n) is 6.18. The molecule has 1 aliphatic carbocycles. The lowest BCUT2D eigenvalue weighted by atomic mass is 10.2. The van der Waals surface area contributed by atoms with Gasteiger partial charge in [0, 0.05) is 18.5 Å². The van der Waals surface area contributed by atoms with Gasteiger partial charge in [-0.1, -0.05) is 6.92 Å². The molecule has 0 radical (unpaired) electrons. The molecule has 16 heavy (non-hydrogen) atoms. The average molecular weight is 223 g/mol. The van der Waals surface area contributed by atoms with Crippen LogP contribution in [0.1, 0.15) is 57.7 Å². The first kappa shape index (κ1) is 11.3. The van der Waals surface area contributed by atoms with Crippen LogP contribution in [0, 0.1) is 0 Å². The Bertz CT molecular complexity index is 438. The fourth-order valence-electron chi connectivity index (χ4n) is 2.34. The zero-order chi connectivity index (χ0) is 11.9. The third kappa shape index (κ3) is 1.66. The highest BCUT2D eigenvalue weighted by Gasteiger charge is 2.32. The fraction of sp³-hybridized carbons (Fsp3) is 0.750. The van der Waals surface area contributed by atoms with Crippen molar-refractivity contribution in [1.29, 1.82) is 0 Å². The van der Waals surface area contributed by atoms with Gasteiger partial charge in [-0.15, -0.1) is 0 Å². The molecule has 1 aromatic heterocycles. The van der Waals surface area contributed by atoms with Crippen molar-refractivity contribution in [2.24, 2.45) is 0 Å². The topological polar surface area (TPSA) is 52.9 Å². The molecule has 2 N–H and O–H groups in total. The number of nitrogens with zero attached hydrogens (tertiary/aromatic N) is 2. The molecule has 4 nitrogen and oxygen atoms in total. The molecule has 2 rings (SSSR count). The Morgan fingerprint density at radius 1 is 1.44 bits per heavy atom. The van der Waals surface area contributed by atoms with E-state index < -0.39 is 0 Å². The number of nitrogens with two attached hydrogens (primary N) is 1. The summed E-state index contributed by atoms with van der Waals surface area (Å²) in [7, 11) is 0. The van der Waals surface area contributed by atoms with Crippen LogP contribution in [0.3, 0.4) is 0 Å². The molecule has 1 fully saturated rings. The minimum Gasteiger partial charge on any atom is -0.393 e. The molecule has 1 aromatic rings. The van der Waals surface area contributed by atoms with Crippen LogP contribution in [0.5, 0.6) is 0 Å². The van der Waals surface area contributed by atoms with Crippen LogP contribution in [-0.4, -0.2) is 9.36 Å². The predicted molar refractivity (Wildman–Crippen MR) is 65.8 cm³/mol. The lowest BCUT2D eigenvalue weighted by Gasteiger charge is -2.16. The molecule has 1 saturated carbocycles. The molecular formula is C12H21N3O. The van der Waals surface area contributed by atoms with Crippen LogP contribution in [0.4, 0.5) is 5.69 Å². The van der Waals surface area contributed by atoms with Gasteiger partial charge in [0.05, 0.1) is 5.69 Å². The molecule has 90 valence electrons. The van der Waals surface area contributed by atoms with Gasteiger partial charge in [-0.3, -0.25) is 9.48 Å². The third-order valence-corrected chi connectivity index (χ3v) is 3.14. The van der Waals surface area contributed by atoms with Crippen molar-refractivity contribution in [3.05, 3.63) is 16.0 Å². The van der Waals surface area contributed by atoms with Gasteiger partial charge < -0.3 is 5.73 Å². The summed E-state index contributed by atoms with van der Waals surface area (Å²) in [6.07, 6.45) is 3.38. The van der Waals surface area contributed by atoms with Crippen molar-refractivity contribution in [2.45, 2.75) is 58.5 Å². The van der Waals surface area contributed by atoms with Crippen LogP contribution in [-0.2, 0) is 6.54 Å². The Balaban J connectivity index is 2.58. The molecule has 0 saturated heterocycles. The second-order valence-electron chi connectivity index (χ2n) is 4.94. The Morgan fingerprint density at radius 3 is 2.50 bits per heavy atom. The van der Waals surface area contributed by atoms with Gasteiger partial charge in [0.15, 0.2) is 0 Å². The molecule has 1 aliphatic rings. The Hall–Kier alpha value is -1.19. The number of aromatic nitrogens is 2. The maximum absolute atomic E-state index is 12.1. The Labute approximate surface area is 96.0 Å². The van der Waals surface area contributed by atoms with E-state index in [1.54, 1.807) is 0 Å². The van der Waals surface area contributed by atoms with Gasteiger partial charge >= 0.3 is 0 Å². The Kier molecular flexibility index (Phi) is 2.82. The molecular weight excluding hydrogens is 202 g/mol. The highest BCUT2D eigenvalue weighted by Crippen LogP contribution is 2.42. The monoisotopic (exact) mass is 223 g/mol. The van der Waals surface area contributed by atoms with Gasteiger partial charge in [0.25, 0.3) is 5.56 Å². The van der Waals surface area contributed by atoms with Crippen LogP contribution >= 0.6 is 0 Å². The normalized spacial score (nSPS) is 16.0. The SMILES string of the molecule is CCCn1c(C2CC2)c(N)c(=O)n1C(C)C. The maximum atomic E-state index is 12.1. The van der Waals surface area contributed by atoms with Crippen molar-refractivity contribution in [2.75, 3.05) is 5.73 Å². The van der Waals surface area contributed by atoms with E-state index >= 15 is 0 Å². The van der Waals surface area contributed by atoms with E-state index in [1.807, 2.05) is 18.5 Å². The van der Waals surface area contributed by atoms with Crippen molar-refractivity contribution in [3.63, 3.8) is 0 Å². The summed E-state index contributed by atoms with van der Waals surface area (Å²) in [6, 6.07) is 0.175. The standard InChI is InChI=1S/C12H21N3O/c1-4-7-14-11(9-5-6-9)10(13)12(16)15(14)8(2)3/h8-9H,4-7,13H2,1-3H3. The number of anilines is 1. The maximum Gasteiger partial charge on any atom is 0.290 e. The first-order chi connectivity index (χ1) is 7.57. The molecule has 1 heterocycles. The molecule has 0 aliphatic heterocycles. The van der Waals surface area contributed by atoms with E-state index in [4.69, 9.17) is 5.73 Å². The van der Waals surface area contributed by atoms with Crippen LogP contribution < -0.4 is 11.3 Å². The van der Waals surface area contributed by atoms with E-state index in [0.29, 0.717) is 11.6 Å². The van der Waals surface area contributed by atoms with Crippen molar-refractivity contribution in [1.82, 2.24) is 9.36 Å². The van der Waals surface area contributed by atoms with Crippen LogP contribution in [0.2, 0.25) is 0 Å². The zero-order valence-corrected chi connectivity index (χ0v) is 10.4. The smallest absolute Gasteiger partial charge is 0.290 e. The lowest BCUT2D eigenvalue weighted by molar-refractivity contribution is 0.387. The number of hydrogen-bond donors (Lipinski definition) is 1. The first-order valence-corrected chi connectivity index (χ1v) is 6.18. The summed E-state index contributed by atoms with van der Waals surface area (Å²) in [6.45, 7) is 7.08. The molecule has 0 bridgehead atoms. The Morgan fingerprint density at radius 2 is 2.06 bits per heavy atom. The molecule has 0 atom stereocenters. The summed E-state index contributed by atoms with van der Waals surface area (Å²) in [5, 5.41) is 0. The molecule has 0 aromatic carbocycles. The lowest BCUT2D eigenvalue weighted by Crippen LogP contribution is -2.26. The summed E-state index contributed by atoms with van der Waals surface area (Å²) >= 11 is 0. The highest BCUT2D eigenvalue weighted by molar-refractivity contribution is 5.45. The van der Waals surface area contributed by atoms with Gasteiger partial charge in [-0.2, -0.15) is 0 Å². The van der Waals surface area contributed by atoms with E-state index in [0.717, 1.165) is 18.7 Å². The number of rotatable bonds is 4. The van der Waals surface area contributed by atoms with Gasteiger partial charge in [0.2, 0.25) is 0 Å². The van der Waals surface area contributed by atoms with E-state index in [1.165, 1.54) is 12.8 Å². The largest absolute Gasteiger partial charge is 0.393 e. The van der Waals surface area contributed by atoms with E-state index in [2.05, 4.69) is 11.6 Å². The minimum absolute atomic E-state index is 0.00894. The second kappa shape index (κ2) is 4.00.